The molecule has 2 heterocycles. The van der Waals surface area contributed by atoms with E-state index in [2.05, 4.69) is 22.1 Å². The Morgan fingerprint density at radius 3 is 2.15 bits per heavy atom. The summed E-state index contributed by atoms with van der Waals surface area (Å²) < 4.78 is 0. The fourth-order valence-corrected chi connectivity index (χ4v) is 3.31. The van der Waals surface area contributed by atoms with E-state index in [0.29, 0.717) is 18.1 Å². The lowest BCUT2D eigenvalue weighted by Gasteiger charge is -2.13. The van der Waals surface area contributed by atoms with E-state index in [1.165, 1.54) is 0 Å². The molecule has 1 aromatic carbocycles. The van der Waals surface area contributed by atoms with Gasteiger partial charge >= 0.3 is 0 Å². The number of hydrogen-bond donors (Lipinski definition) is 3. The number of nitrogen functional groups attached to an aromatic ring is 2. The molecule has 140 valence electrons. The maximum absolute atomic E-state index is 10.6. The molecule has 0 saturated heterocycles. The Kier molecular flexibility index (Phi) is 5.72. The van der Waals surface area contributed by atoms with E-state index in [4.69, 9.17) is 11.5 Å². The van der Waals surface area contributed by atoms with Gasteiger partial charge in [-0.1, -0.05) is 24.3 Å². The Morgan fingerprint density at radius 2 is 1.48 bits per heavy atom. The summed E-state index contributed by atoms with van der Waals surface area (Å²) in [6.45, 7) is 3.99. The van der Waals surface area contributed by atoms with Crippen LogP contribution in [0.25, 0.3) is 0 Å². The first-order valence-corrected chi connectivity index (χ1v) is 9.12. The molecule has 1 atom stereocenters. The average Bonchev–Trinajstić information content (AvgIpc) is 2.58. The van der Waals surface area contributed by atoms with Crippen LogP contribution >= 0.6 is 0 Å². The van der Waals surface area contributed by atoms with E-state index in [1.54, 1.807) is 0 Å². The van der Waals surface area contributed by atoms with Gasteiger partial charge < -0.3 is 16.6 Å². The van der Waals surface area contributed by atoms with Crippen LogP contribution in [0.2, 0.25) is 0 Å². The summed E-state index contributed by atoms with van der Waals surface area (Å²) in [6, 6.07) is 15.7. The number of aliphatic hydroxyl groups excluding tert-OH is 1. The highest BCUT2D eigenvalue weighted by atomic mass is 16.3. The number of nitrogens with two attached hydrogens (primary N) is 2. The minimum Gasteiger partial charge on any atom is -0.388 e. The summed E-state index contributed by atoms with van der Waals surface area (Å²) in [5.74, 6) is 1.04. The number of aromatic nitrogens is 2. The van der Waals surface area contributed by atoms with Crippen LogP contribution in [0.15, 0.2) is 48.5 Å². The number of hydrogen-bond acceptors (Lipinski definition) is 5. The Balaban J connectivity index is 1.68. The van der Waals surface area contributed by atoms with Gasteiger partial charge in [0.05, 0.1) is 6.10 Å². The lowest BCUT2D eigenvalue weighted by Crippen LogP contribution is -2.06. The van der Waals surface area contributed by atoms with Gasteiger partial charge in [-0.25, -0.2) is 9.97 Å². The zero-order valence-electron chi connectivity index (χ0n) is 15.8. The average molecular weight is 362 g/mol. The van der Waals surface area contributed by atoms with Crippen molar-refractivity contribution in [3.8, 4) is 0 Å². The van der Waals surface area contributed by atoms with Crippen molar-refractivity contribution >= 4 is 11.6 Å². The second-order valence-electron chi connectivity index (χ2n) is 7.09. The van der Waals surface area contributed by atoms with Crippen molar-refractivity contribution in [2.24, 2.45) is 0 Å². The van der Waals surface area contributed by atoms with E-state index in [9.17, 15) is 5.11 Å². The van der Waals surface area contributed by atoms with Crippen molar-refractivity contribution in [2.75, 3.05) is 11.5 Å². The molecule has 5 heteroatoms. The summed E-state index contributed by atoms with van der Waals surface area (Å²) in [5, 5.41) is 10.6. The van der Waals surface area contributed by atoms with E-state index in [-0.39, 0.29) is 0 Å². The first-order valence-electron chi connectivity index (χ1n) is 9.12. The third-order valence-corrected chi connectivity index (χ3v) is 4.49. The van der Waals surface area contributed by atoms with Crippen LogP contribution in [0.3, 0.4) is 0 Å². The van der Waals surface area contributed by atoms with Gasteiger partial charge in [0, 0.05) is 17.8 Å². The zero-order chi connectivity index (χ0) is 19.4. The Hall–Kier alpha value is -2.92. The molecule has 0 bridgehead atoms. The van der Waals surface area contributed by atoms with Crippen LogP contribution in [-0.2, 0) is 19.3 Å². The molecule has 0 radical (unpaired) electrons. The predicted octanol–water partition coefficient (Wildman–Crippen LogP) is 3.32. The SMILES string of the molecule is Cc1cc(N)nc(CCc2cccc([C@@H](O)Cc3cc(C)cc(N)n3)c2)c1. The van der Waals surface area contributed by atoms with Gasteiger partial charge in [0.2, 0.25) is 0 Å². The van der Waals surface area contributed by atoms with Gasteiger partial charge in [-0.15, -0.1) is 0 Å². The van der Waals surface area contributed by atoms with Crippen LogP contribution in [0.4, 0.5) is 11.6 Å². The van der Waals surface area contributed by atoms with Crippen LogP contribution < -0.4 is 11.5 Å². The second kappa shape index (κ2) is 8.18. The standard InChI is InChI=1S/C22H26N4O/c1-14-8-18(25-21(23)10-14)7-6-16-4-3-5-17(12-16)20(27)13-19-9-15(2)11-22(24)26-19/h3-5,8-12,20,27H,6-7,13H2,1-2H3,(H2,23,25)(H2,24,26)/t20-/m0/s1. The molecule has 0 aliphatic heterocycles. The van der Waals surface area contributed by atoms with Crippen molar-refractivity contribution in [1.29, 1.82) is 0 Å². The number of pyridine rings is 2. The van der Waals surface area contributed by atoms with Crippen molar-refractivity contribution in [3.05, 3.63) is 82.2 Å². The Morgan fingerprint density at radius 1 is 0.852 bits per heavy atom. The minimum atomic E-state index is -0.619. The van der Waals surface area contributed by atoms with Crippen molar-refractivity contribution in [2.45, 2.75) is 39.2 Å². The molecule has 5 N–H and O–H groups in total. The van der Waals surface area contributed by atoms with Crippen LogP contribution in [0.5, 0.6) is 0 Å². The summed E-state index contributed by atoms with van der Waals surface area (Å²) in [6.07, 6.45) is 1.46. The number of aliphatic hydroxyl groups is 1. The fourth-order valence-electron chi connectivity index (χ4n) is 3.31. The van der Waals surface area contributed by atoms with Crippen molar-refractivity contribution in [3.63, 3.8) is 0 Å². The summed E-state index contributed by atoms with van der Waals surface area (Å²) in [7, 11) is 0. The molecule has 3 aromatic rings. The van der Waals surface area contributed by atoms with Gasteiger partial charge in [-0.05, 0) is 73.2 Å². The Labute approximate surface area is 160 Å². The first kappa shape index (κ1) is 18.9. The molecule has 27 heavy (non-hydrogen) atoms. The normalized spacial score (nSPS) is 12.1. The lowest BCUT2D eigenvalue weighted by molar-refractivity contribution is 0.177. The highest BCUT2D eigenvalue weighted by Gasteiger charge is 2.11. The molecular formula is C22H26N4O. The molecular weight excluding hydrogens is 336 g/mol. The van der Waals surface area contributed by atoms with Crippen LogP contribution in [-0.4, -0.2) is 15.1 Å². The van der Waals surface area contributed by atoms with Gasteiger partial charge in [0.1, 0.15) is 11.6 Å². The maximum atomic E-state index is 10.6. The van der Waals surface area contributed by atoms with Gasteiger partial charge in [-0.3, -0.25) is 0 Å². The van der Waals surface area contributed by atoms with E-state index in [0.717, 1.165) is 46.5 Å². The van der Waals surface area contributed by atoms with E-state index >= 15 is 0 Å². The first-order chi connectivity index (χ1) is 12.9. The smallest absolute Gasteiger partial charge is 0.123 e. The minimum absolute atomic E-state index is 0.436. The molecule has 0 saturated carbocycles. The predicted molar refractivity (Wildman–Crippen MR) is 109 cm³/mol. The molecule has 0 fully saturated rings. The highest BCUT2D eigenvalue weighted by Crippen LogP contribution is 2.21. The molecule has 5 nitrogen and oxygen atoms in total. The largest absolute Gasteiger partial charge is 0.388 e. The van der Waals surface area contributed by atoms with Gasteiger partial charge in [-0.2, -0.15) is 0 Å². The third kappa shape index (κ3) is 5.28. The molecule has 0 unspecified atom stereocenters. The Bertz CT molecular complexity index is 899. The van der Waals surface area contributed by atoms with Crippen LogP contribution in [0, 0.1) is 13.8 Å². The summed E-state index contributed by atoms with van der Waals surface area (Å²) >= 11 is 0. The number of anilines is 2. The fraction of sp³-hybridized carbons (Fsp3) is 0.273. The van der Waals surface area contributed by atoms with Crippen LogP contribution in [0.1, 0.15) is 39.7 Å². The number of aryl methyl sites for hydroxylation is 4. The van der Waals surface area contributed by atoms with Gasteiger partial charge in [0.25, 0.3) is 0 Å². The molecule has 2 aromatic heterocycles. The van der Waals surface area contributed by atoms with E-state index in [1.807, 2.05) is 50.2 Å². The monoisotopic (exact) mass is 362 g/mol. The molecule has 0 amide bonds. The lowest BCUT2D eigenvalue weighted by atomic mass is 9.99. The molecule has 3 rings (SSSR count). The van der Waals surface area contributed by atoms with Gasteiger partial charge in [0.15, 0.2) is 0 Å². The number of rotatable bonds is 6. The van der Waals surface area contributed by atoms with Crippen molar-refractivity contribution < 1.29 is 5.11 Å². The van der Waals surface area contributed by atoms with Crippen molar-refractivity contribution in [1.82, 2.24) is 9.97 Å². The zero-order valence-corrected chi connectivity index (χ0v) is 15.8. The molecule has 0 spiro atoms. The topological polar surface area (TPSA) is 98.0 Å². The molecule has 0 aliphatic rings. The molecule has 0 aliphatic carbocycles. The number of benzene rings is 1. The van der Waals surface area contributed by atoms with E-state index < -0.39 is 6.10 Å². The summed E-state index contributed by atoms with van der Waals surface area (Å²) in [4.78, 5) is 8.70. The third-order valence-electron chi connectivity index (χ3n) is 4.49. The summed E-state index contributed by atoms with van der Waals surface area (Å²) in [5.41, 5.74) is 17.6. The second-order valence-corrected chi connectivity index (χ2v) is 7.09. The maximum Gasteiger partial charge on any atom is 0.123 e. The number of nitrogens with zero attached hydrogens (tertiary/aromatic N) is 2. The quantitative estimate of drug-likeness (QED) is 0.625. The highest BCUT2D eigenvalue weighted by molar-refractivity contribution is 5.36.